The first-order valence-electron chi connectivity index (χ1n) is 7.06. The van der Waals surface area contributed by atoms with Crippen LogP contribution in [0.2, 0.25) is 0 Å². The van der Waals surface area contributed by atoms with Gasteiger partial charge in [0, 0.05) is 24.9 Å². The van der Waals surface area contributed by atoms with E-state index in [1.165, 1.54) is 6.07 Å². The lowest BCUT2D eigenvalue weighted by Crippen LogP contribution is -2.43. The monoisotopic (exact) mass is 310 g/mol. The van der Waals surface area contributed by atoms with Gasteiger partial charge in [-0.1, -0.05) is 12.1 Å². The Morgan fingerprint density at radius 3 is 2.86 bits per heavy atom. The predicted octanol–water partition coefficient (Wildman–Crippen LogP) is 1.83. The van der Waals surface area contributed by atoms with E-state index >= 15 is 0 Å². The Balaban J connectivity index is 1.83. The molecule has 2 fully saturated rings. The summed E-state index contributed by atoms with van der Waals surface area (Å²) in [6.45, 7) is 1.77. The van der Waals surface area contributed by atoms with E-state index in [0.29, 0.717) is 37.6 Å². The van der Waals surface area contributed by atoms with Crippen LogP contribution in [0.5, 0.6) is 0 Å². The first-order chi connectivity index (χ1) is 10.1. The van der Waals surface area contributed by atoms with E-state index in [1.807, 2.05) is 0 Å². The fourth-order valence-electron chi connectivity index (χ4n) is 3.03. The normalized spacial score (nSPS) is 30.4. The molecule has 3 atom stereocenters. The second-order valence-corrected chi connectivity index (χ2v) is 7.25. The van der Waals surface area contributed by atoms with Gasteiger partial charge in [0.2, 0.25) is 0 Å². The largest absolute Gasteiger partial charge is 0.478 e. The zero-order valence-electron chi connectivity index (χ0n) is 11.6. The maximum absolute atomic E-state index is 12.8. The topological polar surface area (TPSA) is 72.8 Å². The zero-order chi connectivity index (χ0) is 14.9. The number of hydrogen-bond donors (Lipinski definition) is 1. The second-order valence-electron chi connectivity index (χ2n) is 5.55. The van der Waals surface area contributed by atoms with Crippen LogP contribution >= 0.6 is 0 Å². The average Bonchev–Trinajstić information content (AvgIpc) is 2.94. The third-order valence-electron chi connectivity index (χ3n) is 4.15. The summed E-state index contributed by atoms with van der Waals surface area (Å²) in [6.07, 6.45) is 2.16. The Morgan fingerprint density at radius 2 is 2.14 bits per heavy atom. The van der Waals surface area contributed by atoms with E-state index in [0.717, 1.165) is 6.42 Å². The van der Waals surface area contributed by atoms with Crippen molar-refractivity contribution in [2.24, 2.45) is 0 Å². The number of benzene rings is 1. The summed E-state index contributed by atoms with van der Waals surface area (Å²) in [6, 6.07) is 6.53. The fraction of sp³-hybridized carbons (Fsp3) is 0.533. The summed E-state index contributed by atoms with van der Waals surface area (Å²) in [7, 11) is -1.34. The van der Waals surface area contributed by atoms with Crippen LogP contribution in [0.3, 0.4) is 0 Å². The van der Waals surface area contributed by atoms with Crippen molar-refractivity contribution in [3.8, 4) is 0 Å². The lowest BCUT2D eigenvalue weighted by Gasteiger charge is -2.36. The number of aromatic carboxylic acids is 1. The molecule has 2 aliphatic heterocycles. The molecule has 2 aliphatic rings. The predicted molar refractivity (Wildman–Crippen MR) is 77.0 cm³/mol. The van der Waals surface area contributed by atoms with Crippen molar-refractivity contribution in [2.75, 3.05) is 19.8 Å². The van der Waals surface area contributed by atoms with Crippen molar-refractivity contribution in [3.05, 3.63) is 29.8 Å². The lowest BCUT2D eigenvalue weighted by molar-refractivity contribution is -0.0774. The smallest absolute Gasteiger partial charge is 0.336 e. The molecule has 1 spiro atoms. The molecule has 3 rings (SSSR count). The van der Waals surface area contributed by atoms with Gasteiger partial charge in [0.15, 0.2) is 0 Å². The van der Waals surface area contributed by atoms with Crippen molar-refractivity contribution in [3.63, 3.8) is 0 Å². The Hall–Kier alpha value is -1.24. The molecule has 2 heterocycles. The van der Waals surface area contributed by atoms with Gasteiger partial charge in [0.25, 0.3) is 0 Å². The van der Waals surface area contributed by atoms with Gasteiger partial charge in [-0.3, -0.25) is 4.21 Å². The van der Waals surface area contributed by atoms with E-state index in [2.05, 4.69) is 0 Å². The van der Waals surface area contributed by atoms with Gasteiger partial charge in [-0.15, -0.1) is 0 Å². The van der Waals surface area contributed by atoms with E-state index < -0.39 is 16.8 Å². The Bertz CT molecular complexity index is 565. The summed E-state index contributed by atoms with van der Waals surface area (Å²) < 4.78 is 24.1. The van der Waals surface area contributed by atoms with Gasteiger partial charge in [-0.2, -0.15) is 0 Å². The molecular formula is C15H18O5S. The summed E-state index contributed by atoms with van der Waals surface area (Å²) in [5.74, 6) is -1.04. The molecule has 0 radical (unpaired) electrons. The van der Waals surface area contributed by atoms with E-state index in [9.17, 15) is 14.1 Å². The Labute approximate surface area is 125 Å². The molecule has 0 saturated carbocycles. The van der Waals surface area contributed by atoms with Crippen LogP contribution in [0.1, 0.15) is 29.6 Å². The maximum Gasteiger partial charge on any atom is 0.336 e. The van der Waals surface area contributed by atoms with Gasteiger partial charge >= 0.3 is 5.97 Å². The third kappa shape index (κ3) is 2.88. The molecule has 6 heteroatoms. The molecule has 21 heavy (non-hydrogen) atoms. The molecule has 0 amide bonds. The van der Waals surface area contributed by atoms with Gasteiger partial charge in [-0.05, 0) is 25.0 Å². The maximum atomic E-state index is 12.8. The molecule has 0 aliphatic carbocycles. The summed E-state index contributed by atoms with van der Waals surface area (Å²) in [5, 5.41) is 9.16. The number of rotatable bonds is 3. The molecule has 2 saturated heterocycles. The zero-order valence-corrected chi connectivity index (χ0v) is 12.4. The highest BCUT2D eigenvalue weighted by molar-refractivity contribution is 7.85. The van der Waals surface area contributed by atoms with E-state index in [4.69, 9.17) is 9.47 Å². The molecule has 1 aromatic rings. The minimum atomic E-state index is -1.34. The molecule has 114 valence electrons. The third-order valence-corrected chi connectivity index (χ3v) is 5.95. The molecule has 1 aromatic carbocycles. The first-order valence-corrected chi connectivity index (χ1v) is 8.27. The molecular weight excluding hydrogens is 292 g/mol. The Kier molecular flexibility index (Phi) is 4.10. The molecule has 5 nitrogen and oxygen atoms in total. The first kappa shape index (κ1) is 14.7. The molecule has 3 unspecified atom stereocenters. The van der Waals surface area contributed by atoms with E-state index in [-0.39, 0.29) is 16.4 Å². The molecule has 0 bridgehead atoms. The van der Waals surface area contributed by atoms with Crippen molar-refractivity contribution in [1.82, 2.24) is 0 Å². The quantitative estimate of drug-likeness (QED) is 0.922. The van der Waals surface area contributed by atoms with Crippen LogP contribution in [0.25, 0.3) is 0 Å². The van der Waals surface area contributed by atoms with Gasteiger partial charge in [0.05, 0.1) is 33.5 Å². The standard InChI is InChI=1S/C15H18O5S/c16-14(17)12-3-1-2-4-13(12)21(18)11-5-7-20-15(9-11)6-8-19-10-15/h1-4,11H,5-10H2,(H,16,17). The van der Waals surface area contributed by atoms with Crippen LogP contribution in [0, 0.1) is 0 Å². The van der Waals surface area contributed by atoms with Crippen LogP contribution in [0.15, 0.2) is 29.2 Å². The number of carboxylic acids is 1. The average molecular weight is 310 g/mol. The van der Waals surface area contributed by atoms with Crippen molar-refractivity contribution < 1.29 is 23.6 Å². The van der Waals surface area contributed by atoms with Crippen LogP contribution in [-0.4, -0.2) is 46.0 Å². The van der Waals surface area contributed by atoms with Crippen LogP contribution in [0.4, 0.5) is 0 Å². The molecule has 1 N–H and O–H groups in total. The second kappa shape index (κ2) is 5.87. The minimum absolute atomic E-state index is 0.0825. The highest BCUT2D eigenvalue weighted by Gasteiger charge is 2.43. The van der Waals surface area contributed by atoms with Crippen molar-refractivity contribution in [2.45, 2.75) is 35.0 Å². The van der Waals surface area contributed by atoms with Crippen LogP contribution in [-0.2, 0) is 20.3 Å². The highest BCUT2D eigenvalue weighted by atomic mass is 32.2. The summed E-state index contributed by atoms with van der Waals surface area (Å²) >= 11 is 0. The summed E-state index contributed by atoms with van der Waals surface area (Å²) in [4.78, 5) is 11.7. The van der Waals surface area contributed by atoms with Gasteiger partial charge in [-0.25, -0.2) is 4.79 Å². The van der Waals surface area contributed by atoms with Crippen molar-refractivity contribution in [1.29, 1.82) is 0 Å². The van der Waals surface area contributed by atoms with E-state index in [1.54, 1.807) is 18.2 Å². The number of carboxylic acid groups (broad SMARTS) is 1. The fourth-order valence-corrected chi connectivity index (χ4v) is 4.74. The highest BCUT2D eigenvalue weighted by Crippen LogP contribution is 2.36. The SMILES string of the molecule is O=C(O)c1ccccc1S(=O)C1CCOC2(CCOC2)C1. The Morgan fingerprint density at radius 1 is 1.33 bits per heavy atom. The number of hydrogen-bond acceptors (Lipinski definition) is 4. The molecule has 0 aromatic heterocycles. The minimum Gasteiger partial charge on any atom is -0.478 e. The number of carbonyl (C=O) groups is 1. The van der Waals surface area contributed by atoms with Gasteiger partial charge in [0.1, 0.15) is 0 Å². The number of ether oxygens (including phenoxy) is 2. The van der Waals surface area contributed by atoms with Gasteiger partial charge < -0.3 is 14.6 Å². The van der Waals surface area contributed by atoms with Crippen LogP contribution < -0.4 is 0 Å². The van der Waals surface area contributed by atoms with Crippen molar-refractivity contribution >= 4 is 16.8 Å². The lowest BCUT2D eigenvalue weighted by atomic mass is 9.93. The summed E-state index contributed by atoms with van der Waals surface area (Å²) in [5.41, 5.74) is -0.199.